The molecule has 1 unspecified atom stereocenters. The number of benzene rings is 2. The maximum atomic E-state index is 14.0. The molecule has 0 heterocycles. The van der Waals surface area contributed by atoms with E-state index in [9.17, 15) is 13.2 Å². The van der Waals surface area contributed by atoms with Gasteiger partial charge in [-0.05, 0) is 27.6 Å². The molecule has 0 saturated carbocycles. The SMILES string of the molecule is COc1cc(F)c(C(Cl)c2cccc(F)c2Br)c(F)c1. The summed E-state index contributed by atoms with van der Waals surface area (Å²) in [5, 5.41) is -1.16. The Bertz CT molecular complexity index is 625. The Morgan fingerprint density at radius 1 is 1.10 bits per heavy atom. The minimum Gasteiger partial charge on any atom is -0.497 e. The number of hydrogen-bond donors (Lipinski definition) is 0. The molecule has 0 bridgehead atoms. The Hall–Kier alpha value is -1.20. The predicted octanol–water partition coefficient (Wildman–Crippen LogP) is 5.20. The van der Waals surface area contributed by atoms with E-state index < -0.39 is 22.8 Å². The molecule has 0 radical (unpaired) electrons. The summed E-state index contributed by atoms with van der Waals surface area (Å²) in [5.74, 6) is -2.20. The summed E-state index contributed by atoms with van der Waals surface area (Å²) in [6.45, 7) is 0. The highest BCUT2D eigenvalue weighted by Crippen LogP contribution is 2.38. The second-order valence-electron chi connectivity index (χ2n) is 4.01. The average molecular weight is 366 g/mol. The van der Waals surface area contributed by atoms with Crippen LogP contribution in [0.4, 0.5) is 13.2 Å². The normalized spacial score (nSPS) is 12.3. The van der Waals surface area contributed by atoms with Gasteiger partial charge in [0.05, 0.1) is 17.0 Å². The molecule has 106 valence electrons. The van der Waals surface area contributed by atoms with E-state index in [1.54, 1.807) is 0 Å². The quantitative estimate of drug-likeness (QED) is 0.679. The molecule has 2 aromatic rings. The third kappa shape index (κ3) is 2.79. The molecule has 0 aliphatic carbocycles. The third-order valence-corrected chi connectivity index (χ3v) is 4.09. The third-order valence-electron chi connectivity index (χ3n) is 2.80. The second kappa shape index (κ2) is 6.06. The Labute approximate surface area is 127 Å². The zero-order chi connectivity index (χ0) is 14.9. The summed E-state index contributed by atoms with van der Waals surface area (Å²) in [7, 11) is 1.30. The smallest absolute Gasteiger partial charge is 0.137 e. The molecule has 20 heavy (non-hydrogen) atoms. The van der Waals surface area contributed by atoms with Gasteiger partial charge in [-0.2, -0.15) is 0 Å². The second-order valence-corrected chi connectivity index (χ2v) is 5.24. The Morgan fingerprint density at radius 3 is 2.25 bits per heavy atom. The first-order valence-corrected chi connectivity index (χ1v) is 6.79. The van der Waals surface area contributed by atoms with Crippen LogP contribution in [-0.4, -0.2) is 7.11 Å². The van der Waals surface area contributed by atoms with E-state index in [2.05, 4.69) is 15.9 Å². The number of ether oxygens (including phenoxy) is 1. The first-order chi connectivity index (χ1) is 9.45. The molecule has 0 N–H and O–H groups in total. The number of methoxy groups -OCH3 is 1. The molecule has 1 nitrogen and oxygen atoms in total. The number of halogens is 5. The lowest BCUT2D eigenvalue weighted by molar-refractivity contribution is 0.405. The number of rotatable bonds is 3. The molecule has 0 aliphatic rings. The van der Waals surface area contributed by atoms with Gasteiger partial charge in [0.1, 0.15) is 23.2 Å². The van der Waals surface area contributed by atoms with Crippen molar-refractivity contribution >= 4 is 27.5 Å². The monoisotopic (exact) mass is 364 g/mol. The van der Waals surface area contributed by atoms with Crippen LogP contribution in [-0.2, 0) is 0 Å². The lowest BCUT2D eigenvalue weighted by Crippen LogP contribution is -2.03. The Kier molecular flexibility index (Phi) is 4.60. The molecular weight excluding hydrogens is 357 g/mol. The van der Waals surface area contributed by atoms with Crippen LogP contribution in [0.5, 0.6) is 5.75 Å². The van der Waals surface area contributed by atoms with Crippen LogP contribution in [0, 0.1) is 17.5 Å². The van der Waals surface area contributed by atoms with Gasteiger partial charge < -0.3 is 4.74 Å². The van der Waals surface area contributed by atoms with Crippen molar-refractivity contribution in [1.29, 1.82) is 0 Å². The molecule has 0 saturated heterocycles. The van der Waals surface area contributed by atoms with E-state index in [0.717, 1.165) is 12.1 Å². The molecule has 0 aliphatic heterocycles. The zero-order valence-electron chi connectivity index (χ0n) is 10.3. The minimum absolute atomic E-state index is 0.0472. The highest BCUT2D eigenvalue weighted by atomic mass is 79.9. The molecule has 1 atom stereocenters. The van der Waals surface area contributed by atoms with Gasteiger partial charge >= 0.3 is 0 Å². The molecule has 0 amide bonds. The minimum atomic E-state index is -1.16. The van der Waals surface area contributed by atoms with E-state index in [4.69, 9.17) is 16.3 Å². The zero-order valence-corrected chi connectivity index (χ0v) is 12.6. The summed E-state index contributed by atoms with van der Waals surface area (Å²) in [5.41, 5.74) is -0.103. The van der Waals surface area contributed by atoms with Crippen molar-refractivity contribution in [3.8, 4) is 5.75 Å². The van der Waals surface area contributed by atoms with Gasteiger partial charge in [-0.25, -0.2) is 13.2 Å². The maximum Gasteiger partial charge on any atom is 0.137 e. The number of hydrogen-bond acceptors (Lipinski definition) is 1. The first-order valence-electron chi connectivity index (χ1n) is 5.56. The number of alkyl halides is 1. The summed E-state index contributed by atoms with van der Waals surface area (Å²) >= 11 is 9.12. The van der Waals surface area contributed by atoms with E-state index >= 15 is 0 Å². The highest BCUT2D eigenvalue weighted by Gasteiger charge is 2.24. The van der Waals surface area contributed by atoms with Crippen LogP contribution in [0.25, 0.3) is 0 Å². The lowest BCUT2D eigenvalue weighted by atomic mass is 10.0. The Balaban J connectivity index is 2.54. The molecule has 0 aromatic heterocycles. The predicted molar refractivity (Wildman–Crippen MR) is 74.7 cm³/mol. The van der Waals surface area contributed by atoms with Crippen LogP contribution in [0.1, 0.15) is 16.5 Å². The van der Waals surface area contributed by atoms with Gasteiger partial charge in [-0.1, -0.05) is 12.1 Å². The standard InChI is InChI=1S/C14H9BrClF3O/c1-20-7-5-10(18)12(11(19)6-7)14(16)8-3-2-4-9(17)13(8)15/h2-6,14H,1H3. The van der Waals surface area contributed by atoms with Crippen LogP contribution in [0.3, 0.4) is 0 Å². The van der Waals surface area contributed by atoms with Crippen molar-refractivity contribution in [2.45, 2.75) is 5.38 Å². The molecule has 0 fully saturated rings. The fraction of sp³-hybridized carbons (Fsp3) is 0.143. The van der Waals surface area contributed by atoms with Gasteiger partial charge in [0.15, 0.2) is 0 Å². The van der Waals surface area contributed by atoms with Crippen LogP contribution in [0.2, 0.25) is 0 Å². The van der Waals surface area contributed by atoms with Crippen molar-refractivity contribution in [3.63, 3.8) is 0 Å². The maximum absolute atomic E-state index is 14.0. The molecule has 2 rings (SSSR count). The van der Waals surface area contributed by atoms with Crippen LogP contribution < -0.4 is 4.74 Å². The lowest BCUT2D eigenvalue weighted by Gasteiger charge is -2.15. The summed E-state index contributed by atoms with van der Waals surface area (Å²) < 4.78 is 46.2. The summed E-state index contributed by atoms with van der Waals surface area (Å²) in [6.07, 6.45) is 0. The topological polar surface area (TPSA) is 9.23 Å². The molecule has 0 spiro atoms. The van der Waals surface area contributed by atoms with Crippen molar-refractivity contribution in [2.75, 3.05) is 7.11 Å². The fourth-order valence-electron chi connectivity index (χ4n) is 1.79. The molecule has 6 heteroatoms. The average Bonchev–Trinajstić information content (AvgIpc) is 2.40. The van der Waals surface area contributed by atoms with Crippen molar-refractivity contribution in [2.24, 2.45) is 0 Å². The van der Waals surface area contributed by atoms with E-state index in [1.807, 2.05) is 0 Å². The largest absolute Gasteiger partial charge is 0.497 e. The van der Waals surface area contributed by atoms with Crippen LogP contribution in [0.15, 0.2) is 34.8 Å². The Morgan fingerprint density at radius 2 is 1.70 bits per heavy atom. The van der Waals surface area contributed by atoms with Gasteiger partial charge in [-0.3, -0.25) is 0 Å². The van der Waals surface area contributed by atoms with Gasteiger partial charge in [0, 0.05) is 17.7 Å². The van der Waals surface area contributed by atoms with Crippen molar-refractivity contribution in [3.05, 3.63) is 63.4 Å². The van der Waals surface area contributed by atoms with Crippen molar-refractivity contribution in [1.82, 2.24) is 0 Å². The van der Waals surface area contributed by atoms with Gasteiger partial charge in [0.25, 0.3) is 0 Å². The summed E-state index contributed by atoms with van der Waals surface area (Å²) in [4.78, 5) is 0. The molecular formula is C14H9BrClF3O. The van der Waals surface area contributed by atoms with Gasteiger partial charge in [-0.15, -0.1) is 11.6 Å². The van der Waals surface area contributed by atoms with E-state index in [0.29, 0.717) is 0 Å². The van der Waals surface area contributed by atoms with Crippen molar-refractivity contribution < 1.29 is 17.9 Å². The summed E-state index contributed by atoms with van der Waals surface area (Å²) in [6, 6.07) is 6.19. The molecule has 2 aromatic carbocycles. The highest BCUT2D eigenvalue weighted by molar-refractivity contribution is 9.10. The van der Waals surface area contributed by atoms with E-state index in [-0.39, 0.29) is 21.3 Å². The van der Waals surface area contributed by atoms with Crippen LogP contribution >= 0.6 is 27.5 Å². The fourth-order valence-corrected chi connectivity index (χ4v) is 2.81. The van der Waals surface area contributed by atoms with Gasteiger partial charge in [0.2, 0.25) is 0 Å². The van der Waals surface area contributed by atoms with E-state index in [1.165, 1.54) is 25.3 Å². The first kappa shape index (κ1) is 15.2.